The number of halogens is 1. The first kappa shape index (κ1) is 24.1. The van der Waals surface area contributed by atoms with Gasteiger partial charge in [-0.1, -0.05) is 30.3 Å². The minimum Gasteiger partial charge on any atom is -0.381 e. The number of benzene rings is 1. The van der Waals surface area contributed by atoms with Crippen LogP contribution in [-0.2, 0) is 9.47 Å². The summed E-state index contributed by atoms with van der Waals surface area (Å²) in [4.78, 5) is 6.53. The molecule has 154 valence electrons. The maximum Gasteiger partial charge on any atom is 0.191 e. The second kappa shape index (κ2) is 14.1. The molecule has 1 aromatic rings. The van der Waals surface area contributed by atoms with E-state index in [0.29, 0.717) is 12.0 Å². The maximum absolute atomic E-state index is 5.73. The van der Waals surface area contributed by atoms with Crippen LogP contribution in [0, 0.1) is 5.92 Å². The van der Waals surface area contributed by atoms with Crippen LogP contribution in [0.1, 0.15) is 24.4 Å². The average molecular weight is 490 g/mol. The van der Waals surface area contributed by atoms with Crippen molar-refractivity contribution in [3.63, 3.8) is 0 Å². The Bertz CT molecular complexity index is 522. The van der Waals surface area contributed by atoms with Crippen molar-refractivity contribution in [3.8, 4) is 0 Å². The topological polar surface area (TPSA) is 58.1 Å². The molecule has 0 spiro atoms. The van der Waals surface area contributed by atoms with E-state index in [-0.39, 0.29) is 24.0 Å². The molecule has 0 bridgehead atoms. The highest BCUT2D eigenvalue weighted by Gasteiger charge is 2.15. The first-order valence-electron chi connectivity index (χ1n) is 9.52. The Balaban J connectivity index is 0.00000364. The predicted octanol–water partition coefficient (Wildman–Crippen LogP) is 2.52. The van der Waals surface area contributed by atoms with Gasteiger partial charge in [-0.2, -0.15) is 0 Å². The van der Waals surface area contributed by atoms with Gasteiger partial charge in [-0.3, -0.25) is 4.99 Å². The van der Waals surface area contributed by atoms with Crippen LogP contribution < -0.4 is 10.6 Å². The number of hydrogen-bond donors (Lipinski definition) is 2. The van der Waals surface area contributed by atoms with Gasteiger partial charge in [0, 0.05) is 39.3 Å². The summed E-state index contributed by atoms with van der Waals surface area (Å²) in [6.07, 6.45) is 2.09. The first-order valence-corrected chi connectivity index (χ1v) is 9.52. The Morgan fingerprint density at radius 2 is 2.07 bits per heavy atom. The lowest BCUT2D eigenvalue weighted by molar-refractivity contribution is 0.0888. The molecule has 27 heavy (non-hydrogen) atoms. The molecule has 1 saturated heterocycles. The highest BCUT2D eigenvalue weighted by molar-refractivity contribution is 14.0. The molecule has 7 heteroatoms. The van der Waals surface area contributed by atoms with Gasteiger partial charge in [-0.15, -0.1) is 24.0 Å². The SMILES string of the molecule is CN=C(NCCCOCC1CCOC1)NCC(c1ccccc1)N(C)C.I. The highest BCUT2D eigenvalue weighted by atomic mass is 127. The third-order valence-electron chi connectivity index (χ3n) is 4.63. The Hall–Kier alpha value is -0.900. The summed E-state index contributed by atoms with van der Waals surface area (Å²) >= 11 is 0. The van der Waals surface area contributed by atoms with E-state index in [4.69, 9.17) is 9.47 Å². The number of ether oxygens (including phenoxy) is 2. The van der Waals surface area contributed by atoms with Gasteiger partial charge in [0.05, 0.1) is 19.3 Å². The quantitative estimate of drug-likeness (QED) is 0.229. The molecule has 0 radical (unpaired) electrons. The molecule has 0 aliphatic carbocycles. The van der Waals surface area contributed by atoms with Crippen molar-refractivity contribution in [2.45, 2.75) is 18.9 Å². The smallest absolute Gasteiger partial charge is 0.191 e. The highest BCUT2D eigenvalue weighted by Crippen LogP contribution is 2.16. The summed E-state index contributed by atoms with van der Waals surface area (Å²) in [5, 5.41) is 6.78. The maximum atomic E-state index is 5.73. The van der Waals surface area contributed by atoms with Crippen LogP contribution >= 0.6 is 24.0 Å². The fourth-order valence-electron chi connectivity index (χ4n) is 3.03. The van der Waals surface area contributed by atoms with Crippen LogP contribution in [-0.4, -0.2) is 71.5 Å². The van der Waals surface area contributed by atoms with Crippen molar-refractivity contribution < 1.29 is 9.47 Å². The largest absolute Gasteiger partial charge is 0.381 e. The van der Waals surface area contributed by atoms with Gasteiger partial charge in [0.25, 0.3) is 0 Å². The monoisotopic (exact) mass is 490 g/mol. The first-order chi connectivity index (χ1) is 12.7. The van der Waals surface area contributed by atoms with Gasteiger partial charge in [0.15, 0.2) is 5.96 Å². The number of nitrogens with one attached hydrogen (secondary N) is 2. The molecular weight excluding hydrogens is 455 g/mol. The van der Waals surface area contributed by atoms with Gasteiger partial charge in [0.2, 0.25) is 0 Å². The Labute approximate surface area is 181 Å². The van der Waals surface area contributed by atoms with Crippen LogP contribution in [0.15, 0.2) is 35.3 Å². The molecule has 0 saturated carbocycles. The molecule has 0 amide bonds. The lowest BCUT2D eigenvalue weighted by Gasteiger charge is -2.26. The number of likely N-dealkylation sites (N-methyl/N-ethyl adjacent to an activating group) is 1. The fourth-order valence-corrected chi connectivity index (χ4v) is 3.03. The average Bonchev–Trinajstić information content (AvgIpc) is 3.17. The fraction of sp³-hybridized carbons (Fsp3) is 0.650. The molecule has 2 unspecified atom stereocenters. The lowest BCUT2D eigenvalue weighted by atomic mass is 10.1. The molecule has 2 N–H and O–H groups in total. The van der Waals surface area contributed by atoms with E-state index in [0.717, 1.165) is 58.3 Å². The Morgan fingerprint density at radius 1 is 1.30 bits per heavy atom. The predicted molar refractivity (Wildman–Crippen MR) is 122 cm³/mol. The van der Waals surface area contributed by atoms with Crippen LogP contribution in [0.2, 0.25) is 0 Å². The van der Waals surface area contributed by atoms with Gasteiger partial charge in [-0.05, 0) is 32.5 Å². The molecule has 6 nitrogen and oxygen atoms in total. The van der Waals surface area contributed by atoms with Crippen molar-refractivity contribution >= 4 is 29.9 Å². The van der Waals surface area contributed by atoms with Gasteiger partial charge >= 0.3 is 0 Å². The van der Waals surface area contributed by atoms with Crippen molar-refractivity contribution in [2.24, 2.45) is 10.9 Å². The Kier molecular flexibility index (Phi) is 12.6. The summed E-state index contributed by atoms with van der Waals surface area (Å²) in [6, 6.07) is 10.8. The van der Waals surface area contributed by atoms with Crippen molar-refractivity contribution in [2.75, 3.05) is 60.7 Å². The molecule has 1 fully saturated rings. The van der Waals surface area contributed by atoms with Crippen LogP contribution in [0.5, 0.6) is 0 Å². The third-order valence-corrected chi connectivity index (χ3v) is 4.63. The minimum atomic E-state index is 0. The van der Waals surface area contributed by atoms with E-state index in [2.05, 4.69) is 58.9 Å². The molecule has 1 aromatic carbocycles. The van der Waals surface area contributed by atoms with E-state index in [9.17, 15) is 0 Å². The second-order valence-corrected chi connectivity index (χ2v) is 6.93. The van der Waals surface area contributed by atoms with Crippen molar-refractivity contribution in [1.29, 1.82) is 0 Å². The van der Waals surface area contributed by atoms with E-state index >= 15 is 0 Å². The van der Waals surface area contributed by atoms with Gasteiger partial charge in [-0.25, -0.2) is 0 Å². The molecule has 0 aromatic heterocycles. The molecule has 1 aliphatic rings. The summed E-state index contributed by atoms with van der Waals surface area (Å²) in [6.45, 7) is 4.96. The number of nitrogens with zero attached hydrogens (tertiary/aromatic N) is 2. The van der Waals surface area contributed by atoms with Crippen LogP contribution in [0.3, 0.4) is 0 Å². The van der Waals surface area contributed by atoms with Crippen molar-refractivity contribution in [1.82, 2.24) is 15.5 Å². The molecule has 2 rings (SSSR count). The Morgan fingerprint density at radius 3 is 2.70 bits per heavy atom. The summed E-state index contributed by atoms with van der Waals surface area (Å²) in [5.74, 6) is 1.41. The zero-order valence-corrected chi connectivity index (χ0v) is 19.1. The summed E-state index contributed by atoms with van der Waals surface area (Å²) in [7, 11) is 6.00. The zero-order chi connectivity index (χ0) is 18.6. The third kappa shape index (κ3) is 9.23. The number of guanidine groups is 1. The normalized spacial score (nSPS) is 18.2. The van der Waals surface area contributed by atoms with Gasteiger partial charge < -0.3 is 25.0 Å². The molecule has 2 atom stereocenters. The number of rotatable bonds is 10. The standard InChI is InChI=1S/C20H34N4O2.HI/c1-21-20(22-11-7-12-25-15-17-10-13-26-16-17)23-14-19(24(2)3)18-8-5-4-6-9-18;/h4-6,8-9,17,19H,7,10-16H2,1-3H3,(H2,21,22,23);1H. The van der Waals surface area contributed by atoms with E-state index in [1.54, 1.807) is 7.05 Å². The zero-order valence-electron chi connectivity index (χ0n) is 16.8. The minimum absolute atomic E-state index is 0. The van der Waals surface area contributed by atoms with Crippen molar-refractivity contribution in [3.05, 3.63) is 35.9 Å². The number of hydrogen-bond acceptors (Lipinski definition) is 4. The summed E-state index contributed by atoms with van der Waals surface area (Å²) < 4.78 is 11.1. The van der Waals surface area contributed by atoms with E-state index in [1.807, 2.05) is 6.07 Å². The van der Waals surface area contributed by atoms with Crippen LogP contribution in [0.25, 0.3) is 0 Å². The number of aliphatic imine (C=N–C) groups is 1. The van der Waals surface area contributed by atoms with Crippen LogP contribution in [0.4, 0.5) is 0 Å². The second-order valence-electron chi connectivity index (χ2n) is 6.93. The lowest BCUT2D eigenvalue weighted by Crippen LogP contribution is -2.42. The molecule has 1 heterocycles. The van der Waals surface area contributed by atoms with Gasteiger partial charge in [0.1, 0.15) is 0 Å². The molecular formula is C20H35IN4O2. The van der Waals surface area contributed by atoms with E-state index < -0.39 is 0 Å². The summed E-state index contributed by atoms with van der Waals surface area (Å²) in [5.41, 5.74) is 1.30. The molecule has 1 aliphatic heterocycles. The van der Waals surface area contributed by atoms with E-state index in [1.165, 1.54) is 5.56 Å².